The molecule has 23 heavy (non-hydrogen) atoms. The van der Waals surface area contributed by atoms with Crippen molar-refractivity contribution in [2.24, 2.45) is 11.0 Å². The highest BCUT2D eigenvalue weighted by molar-refractivity contribution is 6.01. The van der Waals surface area contributed by atoms with Crippen LogP contribution in [-0.4, -0.2) is 16.6 Å². The van der Waals surface area contributed by atoms with Crippen LogP contribution in [0.2, 0.25) is 0 Å². The summed E-state index contributed by atoms with van der Waals surface area (Å²) in [4.78, 5) is 12.6. The molecule has 1 unspecified atom stereocenters. The zero-order chi connectivity index (χ0) is 16.4. The van der Waals surface area contributed by atoms with Crippen LogP contribution in [0.5, 0.6) is 0 Å². The maximum Gasteiger partial charge on any atom is 0.245 e. The Kier molecular flexibility index (Phi) is 4.33. The second-order valence-corrected chi connectivity index (χ2v) is 6.18. The number of hydrogen-bond acceptors (Lipinski definition) is 3. The van der Waals surface area contributed by atoms with Crippen molar-refractivity contribution >= 4 is 11.6 Å². The fourth-order valence-corrected chi connectivity index (χ4v) is 2.80. The maximum absolute atomic E-state index is 12.6. The van der Waals surface area contributed by atoms with Gasteiger partial charge < -0.3 is 4.42 Å². The van der Waals surface area contributed by atoms with Gasteiger partial charge in [0, 0.05) is 12.3 Å². The monoisotopic (exact) mass is 310 g/mol. The van der Waals surface area contributed by atoms with Crippen LogP contribution in [0.1, 0.15) is 50.1 Å². The van der Waals surface area contributed by atoms with Gasteiger partial charge in [-0.25, -0.2) is 5.01 Å². The molecule has 4 heteroatoms. The van der Waals surface area contributed by atoms with E-state index in [9.17, 15) is 4.79 Å². The minimum Gasteiger partial charge on any atom is -0.463 e. The summed E-state index contributed by atoms with van der Waals surface area (Å²) >= 11 is 0. The summed E-state index contributed by atoms with van der Waals surface area (Å²) < 4.78 is 5.46. The van der Waals surface area contributed by atoms with Gasteiger partial charge in [0.1, 0.15) is 11.5 Å². The van der Waals surface area contributed by atoms with Crippen LogP contribution in [0.25, 0.3) is 0 Å². The molecule has 1 atom stereocenters. The molecule has 0 radical (unpaired) electrons. The molecule has 0 saturated heterocycles. The van der Waals surface area contributed by atoms with Crippen molar-refractivity contribution in [1.29, 1.82) is 0 Å². The van der Waals surface area contributed by atoms with E-state index in [0.717, 1.165) is 23.5 Å². The van der Waals surface area contributed by atoms with Crippen LogP contribution in [-0.2, 0) is 11.2 Å². The lowest BCUT2D eigenvalue weighted by Crippen LogP contribution is -2.30. The average Bonchev–Trinajstić information content (AvgIpc) is 3.23. The van der Waals surface area contributed by atoms with Gasteiger partial charge in [-0.1, -0.05) is 45.0 Å². The van der Waals surface area contributed by atoms with E-state index in [4.69, 9.17) is 4.42 Å². The SMILES string of the molecule is CCc1ccc(C2CC(c3ccco3)=NN2C(=O)C(C)C)cc1. The first-order valence-corrected chi connectivity index (χ1v) is 8.13. The van der Waals surface area contributed by atoms with E-state index in [1.165, 1.54) is 5.56 Å². The number of amides is 1. The second kappa shape index (κ2) is 6.41. The molecular formula is C19H22N2O2. The second-order valence-electron chi connectivity index (χ2n) is 6.18. The predicted octanol–water partition coefficient (Wildman–Crippen LogP) is 4.18. The lowest BCUT2D eigenvalue weighted by molar-refractivity contribution is -0.136. The quantitative estimate of drug-likeness (QED) is 0.850. The van der Waals surface area contributed by atoms with Gasteiger partial charge >= 0.3 is 0 Å². The van der Waals surface area contributed by atoms with Crippen LogP contribution in [0, 0.1) is 5.92 Å². The van der Waals surface area contributed by atoms with Crippen molar-refractivity contribution in [1.82, 2.24) is 5.01 Å². The maximum atomic E-state index is 12.6. The largest absolute Gasteiger partial charge is 0.463 e. The Labute approximate surface area is 136 Å². The highest BCUT2D eigenvalue weighted by Gasteiger charge is 2.34. The van der Waals surface area contributed by atoms with Gasteiger partial charge in [-0.05, 0) is 29.7 Å². The molecule has 4 nitrogen and oxygen atoms in total. The highest BCUT2D eigenvalue weighted by Crippen LogP contribution is 2.34. The number of hydrogen-bond donors (Lipinski definition) is 0. The van der Waals surface area contributed by atoms with E-state index in [0.29, 0.717) is 6.42 Å². The molecule has 0 aliphatic carbocycles. The standard InChI is InChI=1S/C19H22N2O2/c1-4-14-7-9-15(10-8-14)17-12-16(18-6-5-11-23-18)20-21(17)19(22)13(2)3/h5-11,13,17H,4,12H2,1-3H3. The lowest BCUT2D eigenvalue weighted by Gasteiger charge is -2.23. The van der Waals surface area contributed by atoms with Gasteiger partial charge in [-0.2, -0.15) is 5.10 Å². The Bertz CT molecular complexity index is 699. The van der Waals surface area contributed by atoms with Crippen LogP contribution in [0.15, 0.2) is 52.2 Å². The van der Waals surface area contributed by atoms with Gasteiger partial charge in [0.15, 0.2) is 0 Å². The van der Waals surface area contributed by atoms with Crippen LogP contribution < -0.4 is 0 Å². The first-order valence-electron chi connectivity index (χ1n) is 8.13. The topological polar surface area (TPSA) is 45.8 Å². The van der Waals surface area contributed by atoms with Crippen LogP contribution >= 0.6 is 0 Å². The molecular weight excluding hydrogens is 288 g/mol. The van der Waals surface area contributed by atoms with Crippen molar-refractivity contribution in [3.63, 3.8) is 0 Å². The van der Waals surface area contributed by atoms with Gasteiger partial charge in [0.2, 0.25) is 5.91 Å². The van der Waals surface area contributed by atoms with Crippen molar-refractivity contribution in [2.45, 2.75) is 39.7 Å². The van der Waals surface area contributed by atoms with Crippen molar-refractivity contribution in [3.05, 3.63) is 59.5 Å². The van der Waals surface area contributed by atoms with Crippen molar-refractivity contribution in [3.8, 4) is 0 Å². The minimum absolute atomic E-state index is 0.0381. The number of rotatable bonds is 4. The van der Waals surface area contributed by atoms with E-state index in [1.54, 1.807) is 11.3 Å². The Hall–Kier alpha value is -2.36. The van der Waals surface area contributed by atoms with E-state index in [-0.39, 0.29) is 17.9 Å². The summed E-state index contributed by atoms with van der Waals surface area (Å²) in [5, 5.41) is 6.19. The third kappa shape index (κ3) is 3.07. The van der Waals surface area contributed by atoms with Crippen LogP contribution in [0.3, 0.4) is 0 Å². The van der Waals surface area contributed by atoms with Gasteiger partial charge in [-0.3, -0.25) is 4.79 Å². The molecule has 0 bridgehead atoms. The number of hydrazone groups is 1. The molecule has 0 fully saturated rings. The van der Waals surface area contributed by atoms with Gasteiger partial charge in [0.05, 0.1) is 12.3 Å². The third-order valence-electron chi connectivity index (χ3n) is 4.21. The fourth-order valence-electron chi connectivity index (χ4n) is 2.80. The highest BCUT2D eigenvalue weighted by atomic mass is 16.3. The average molecular weight is 310 g/mol. The molecule has 0 saturated carbocycles. The number of benzene rings is 1. The number of aryl methyl sites for hydroxylation is 1. The molecule has 3 rings (SSSR count). The molecule has 2 aromatic rings. The van der Waals surface area contributed by atoms with Crippen LogP contribution in [0.4, 0.5) is 0 Å². The predicted molar refractivity (Wildman–Crippen MR) is 90.1 cm³/mol. The van der Waals surface area contributed by atoms with E-state index < -0.39 is 0 Å². The molecule has 2 heterocycles. The van der Waals surface area contributed by atoms with Crippen molar-refractivity contribution in [2.75, 3.05) is 0 Å². The summed E-state index contributed by atoms with van der Waals surface area (Å²) in [7, 11) is 0. The third-order valence-corrected chi connectivity index (χ3v) is 4.21. The Morgan fingerprint density at radius 2 is 2.04 bits per heavy atom. The fraction of sp³-hybridized carbons (Fsp3) is 0.368. The molecule has 1 aliphatic rings. The lowest BCUT2D eigenvalue weighted by atomic mass is 9.98. The molecule has 1 aromatic heterocycles. The van der Waals surface area contributed by atoms with Crippen molar-refractivity contribution < 1.29 is 9.21 Å². The first-order chi connectivity index (χ1) is 11.1. The normalized spacial score (nSPS) is 17.7. The number of furan rings is 1. The number of carbonyl (C=O) groups is 1. The molecule has 1 amide bonds. The summed E-state index contributed by atoms with van der Waals surface area (Å²) in [6, 6.07) is 12.1. The minimum atomic E-state index is -0.0906. The smallest absolute Gasteiger partial charge is 0.245 e. The molecule has 120 valence electrons. The summed E-state index contributed by atoms with van der Waals surface area (Å²) in [6.07, 6.45) is 3.32. The molecule has 1 aromatic carbocycles. The number of carbonyl (C=O) groups excluding carboxylic acids is 1. The number of nitrogens with zero attached hydrogens (tertiary/aromatic N) is 2. The Morgan fingerprint density at radius 3 is 2.61 bits per heavy atom. The summed E-state index contributed by atoms with van der Waals surface area (Å²) in [6.45, 7) is 5.94. The zero-order valence-corrected chi connectivity index (χ0v) is 13.8. The summed E-state index contributed by atoms with van der Waals surface area (Å²) in [5.74, 6) is 0.683. The summed E-state index contributed by atoms with van der Waals surface area (Å²) in [5.41, 5.74) is 3.23. The van der Waals surface area contributed by atoms with E-state index in [2.05, 4.69) is 36.3 Å². The Balaban J connectivity index is 1.93. The Morgan fingerprint density at radius 1 is 1.30 bits per heavy atom. The molecule has 1 aliphatic heterocycles. The van der Waals surface area contributed by atoms with Gasteiger partial charge in [0.25, 0.3) is 0 Å². The first kappa shape index (κ1) is 15.5. The molecule has 0 spiro atoms. The molecule has 0 N–H and O–H groups in total. The van der Waals surface area contributed by atoms with E-state index in [1.807, 2.05) is 26.0 Å². The van der Waals surface area contributed by atoms with E-state index >= 15 is 0 Å². The van der Waals surface area contributed by atoms with Gasteiger partial charge in [-0.15, -0.1) is 0 Å². The zero-order valence-electron chi connectivity index (χ0n) is 13.8.